The van der Waals surface area contributed by atoms with Crippen LogP contribution in [0.3, 0.4) is 0 Å². The van der Waals surface area contributed by atoms with Gasteiger partial charge in [0, 0.05) is 36.0 Å². The molecule has 2 saturated heterocycles. The van der Waals surface area contributed by atoms with Crippen molar-refractivity contribution in [3.63, 3.8) is 0 Å². The van der Waals surface area contributed by atoms with Gasteiger partial charge in [-0.2, -0.15) is 4.98 Å². The van der Waals surface area contributed by atoms with Crippen molar-refractivity contribution in [1.29, 1.82) is 0 Å². The van der Waals surface area contributed by atoms with Crippen molar-refractivity contribution in [3.05, 3.63) is 52.8 Å². The van der Waals surface area contributed by atoms with Gasteiger partial charge in [-0.3, -0.25) is 9.78 Å². The Morgan fingerprint density at radius 2 is 1.92 bits per heavy atom. The Morgan fingerprint density at radius 1 is 1.15 bits per heavy atom. The Bertz CT molecular complexity index is 895. The van der Waals surface area contributed by atoms with Crippen molar-refractivity contribution in [1.82, 2.24) is 20.0 Å². The number of hydrogen-bond acceptors (Lipinski definition) is 6. The second kappa shape index (κ2) is 6.32. The molecule has 3 atom stereocenters. The molecule has 5 heterocycles. The summed E-state index contributed by atoms with van der Waals surface area (Å²) < 4.78 is 5.57. The molecule has 0 N–H and O–H groups in total. The Balaban J connectivity index is 1.35. The number of fused-ring (bicyclic) bond motifs is 2. The molecule has 26 heavy (non-hydrogen) atoms. The topological polar surface area (TPSA) is 72.1 Å². The molecule has 2 fully saturated rings. The van der Waals surface area contributed by atoms with Crippen LogP contribution < -0.4 is 0 Å². The predicted molar refractivity (Wildman–Crippen MR) is 96.8 cm³/mol. The highest BCUT2D eigenvalue weighted by atomic mass is 32.1. The standard InChI is InChI=1S/C19H18N4O2S/c24-19(16-2-1-9-26-16)23-14-3-4-15(23)11-13(10-14)18-21-17(22-25-18)12-5-7-20-8-6-12/h1-2,5-9,13-15H,3-4,10-11H2/t13?,14-,15+. The minimum atomic E-state index is 0.175. The largest absolute Gasteiger partial charge is 0.339 e. The Morgan fingerprint density at radius 3 is 2.62 bits per heavy atom. The highest BCUT2D eigenvalue weighted by Gasteiger charge is 2.45. The highest BCUT2D eigenvalue weighted by molar-refractivity contribution is 7.12. The van der Waals surface area contributed by atoms with E-state index in [0.717, 1.165) is 36.1 Å². The molecule has 0 saturated carbocycles. The molecule has 0 radical (unpaired) electrons. The summed E-state index contributed by atoms with van der Waals surface area (Å²) in [5.74, 6) is 1.70. The Hall–Kier alpha value is -2.54. The van der Waals surface area contributed by atoms with Gasteiger partial charge in [-0.1, -0.05) is 11.2 Å². The maximum absolute atomic E-state index is 12.8. The molecule has 0 spiro atoms. The van der Waals surface area contributed by atoms with E-state index in [1.54, 1.807) is 12.4 Å². The number of carbonyl (C=O) groups excluding carboxylic acids is 1. The van der Waals surface area contributed by atoms with Gasteiger partial charge in [-0.15, -0.1) is 11.3 Å². The highest BCUT2D eigenvalue weighted by Crippen LogP contribution is 2.43. The zero-order valence-electron chi connectivity index (χ0n) is 14.1. The van der Waals surface area contributed by atoms with Crippen LogP contribution in [-0.4, -0.2) is 38.0 Å². The first-order chi connectivity index (χ1) is 12.8. The molecule has 1 amide bonds. The third-order valence-electron chi connectivity index (χ3n) is 5.43. The summed E-state index contributed by atoms with van der Waals surface area (Å²) in [5, 5.41) is 6.09. The van der Waals surface area contributed by atoms with E-state index in [-0.39, 0.29) is 23.9 Å². The van der Waals surface area contributed by atoms with Gasteiger partial charge >= 0.3 is 0 Å². The predicted octanol–water partition coefficient (Wildman–Crippen LogP) is 3.74. The minimum Gasteiger partial charge on any atom is -0.339 e. The fraction of sp³-hybridized carbons (Fsp3) is 0.368. The number of nitrogens with zero attached hydrogens (tertiary/aromatic N) is 4. The van der Waals surface area contributed by atoms with Crippen LogP contribution >= 0.6 is 11.3 Å². The molecule has 2 aliphatic heterocycles. The number of rotatable bonds is 3. The number of hydrogen-bond donors (Lipinski definition) is 0. The van der Waals surface area contributed by atoms with E-state index < -0.39 is 0 Å². The monoisotopic (exact) mass is 366 g/mol. The van der Waals surface area contributed by atoms with Gasteiger partial charge < -0.3 is 9.42 Å². The molecule has 2 aliphatic rings. The molecule has 1 unspecified atom stereocenters. The van der Waals surface area contributed by atoms with E-state index in [0.29, 0.717) is 11.7 Å². The molecular formula is C19H18N4O2S. The van der Waals surface area contributed by atoms with Gasteiger partial charge in [-0.05, 0) is 49.3 Å². The van der Waals surface area contributed by atoms with Gasteiger partial charge in [0.25, 0.3) is 5.91 Å². The number of pyridine rings is 1. The van der Waals surface area contributed by atoms with Gasteiger partial charge in [0.1, 0.15) is 0 Å². The summed E-state index contributed by atoms with van der Waals surface area (Å²) in [5.41, 5.74) is 0.906. The van der Waals surface area contributed by atoms with E-state index in [1.807, 2.05) is 29.6 Å². The smallest absolute Gasteiger partial charge is 0.264 e. The summed E-state index contributed by atoms with van der Waals surface area (Å²) in [6.07, 6.45) is 7.35. The van der Waals surface area contributed by atoms with Crippen molar-refractivity contribution in [3.8, 4) is 11.4 Å². The van der Waals surface area contributed by atoms with Crippen LogP contribution in [0.25, 0.3) is 11.4 Å². The molecule has 132 valence electrons. The molecule has 3 aromatic heterocycles. The average molecular weight is 366 g/mol. The zero-order chi connectivity index (χ0) is 17.5. The number of piperidine rings is 1. The number of thiophene rings is 1. The Labute approximate surface area is 154 Å². The lowest BCUT2D eigenvalue weighted by molar-refractivity contribution is 0.0560. The fourth-order valence-electron chi connectivity index (χ4n) is 4.26. The lowest BCUT2D eigenvalue weighted by Crippen LogP contribution is -2.45. The molecule has 7 heteroatoms. The second-order valence-corrected chi connectivity index (χ2v) is 7.88. The molecule has 0 aliphatic carbocycles. The Kier molecular flexibility index (Phi) is 3.81. The van der Waals surface area contributed by atoms with Crippen LogP contribution in [-0.2, 0) is 0 Å². The average Bonchev–Trinajstić information content (AvgIpc) is 3.42. The van der Waals surface area contributed by atoms with Crippen molar-refractivity contribution >= 4 is 17.2 Å². The lowest BCUT2D eigenvalue weighted by Gasteiger charge is -2.37. The quantitative estimate of drug-likeness (QED) is 0.706. The summed E-state index contributed by atoms with van der Waals surface area (Å²) in [7, 11) is 0. The summed E-state index contributed by atoms with van der Waals surface area (Å²) in [6, 6.07) is 8.14. The van der Waals surface area contributed by atoms with Crippen molar-refractivity contribution in [2.75, 3.05) is 0 Å². The van der Waals surface area contributed by atoms with Crippen LogP contribution in [0.1, 0.15) is 47.2 Å². The summed E-state index contributed by atoms with van der Waals surface area (Å²) in [4.78, 5) is 24.4. The van der Waals surface area contributed by atoms with Crippen LogP contribution in [0.15, 0.2) is 46.6 Å². The van der Waals surface area contributed by atoms with Crippen LogP contribution in [0.4, 0.5) is 0 Å². The van der Waals surface area contributed by atoms with E-state index in [2.05, 4.69) is 20.0 Å². The second-order valence-electron chi connectivity index (χ2n) is 6.94. The zero-order valence-corrected chi connectivity index (χ0v) is 14.9. The lowest BCUT2D eigenvalue weighted by atomic mass is 9.90. The van der Waals surface area contributed by atoms with Crippen molar-refractivity contribution < 1.29 is 9.32 Å². The van der Waals surface area contributed by atoms with Crippen molar-refractivity contribution in [2.45, 2.75) is 43.7 Å². The molecule has 0 aromatic carbocycles. The molecule has 6 nitrogen and oxygen atoms in total. The normalized spacial score (nSPS) is 24.8. The summed E-state index contributed by atoms with van der Waals surface area (Å²) >= 11 is 1.52. The molecule has 2 bridgehead atoms. The summed E-state index contributed by atoms with van der Waals surface area (Å²) in [6.45, 7) is 0. The first-order valence-electron chi connectivity index (χ1n) is 8.90. The third kappa shape index (κ3) is 2.63. The van der Waals surface area contributed by atoms with Gasteiger partial charge in [0.15, 0.2) is 0 Å². The molecule has 5 rings (SSSR count). The fourth-order valence-corrected chi connectivity index (χ4v) is 4.92. The van der Waals surface area contributed by atoms with Gasteiger partial charge in [-0.25, -0.2) is 0 Å². The van der Waals surface area contributed by atoms with E-state index in [1.165, 1.54) is 11.3 Å². The number of aromatic nitrogens is 3. The van der Waals surface area contributed by atoms with Crippen LogP contribution in [0.5, 0.6) is 0 Å². The van der Waals surface area contributed by atoms with Gasteiger partial charge in [0.2, 0.25) is 11.7 Å². The maximum Gasteiger partial charge on any atom is 0.264 e. The van der Waals surface area contributed by atoms with E-state index >= 15 is 0 Å². The molecule has 3 aromatic rings. The first-order valence-corrected chi connectivity index (χ1v) is 9.78. The number of amides is 1. The first kappa shape index (κ1) is 15.7. The third-order valence-corrected chi connectivity index (χ3v) is 6.29. The minimum absolute atomic E-state index is 0.175. The SMILES string of the molecule is O=C(c1cccs1)N1[C@@H]2CC[C@H]1CC(c1nc(-c3ccncc3)no1)C2. The van der Waals surface area contributed by atoms with E-state index in [9.17, 15) is 4.79 Å². The molecular weight excluding hydrogens is 348 g/mol. The van der Waals surface area contributed by atoms with Crippen molar-refractivity contribution in [2.24, 2.45) is 0 Å². The van der Waals surface area contributed by atoms with Crippen LogP contribution in [0.2, 0.25) is 0 Å². The van der Waals surface area contributed by atoms with Crippen LogP contribution in [0, 0.1) is 0 Å². The number of carbonyl (C=O) groups is 1. The maximum atomic E-state index is 12.8. The van der Waals surface area contributed by atoms with E-state index in [4.69, 9.17) is 4.52 Å². The van der Waals surface area contributed by atoms with Gasteiger partial charge in [0.05, 0.1) is 4.88 Å².